The van der Waals surface area contributed by atoms with Gasteiger partial charge in [0.15, 0.2) is 0 Å². The zero-order valence-corrected chi connectivity index (χ0v) is 38.3. The van der Waals surface area contributed by atoms with Crippen molar-refractivity contribution in [2.75, 3.05) is 4.90 Å². The van der Waals surface area contributed by atoms with Gasteiger partial charge >= 0.3 is 0 Å². The quantitative estimate of drug-likeness (QED) is 0.0932. The van der Waals surface area contributed by atoms with E-state index in [9.17, 15) is 0 Å². The number of aromatic nitrogens is 2. The van der Waals surface area contributed by atoms with E-state index in [4.69, 9.17) is 0 Å². The Morgan fingerprint density at radius 1 is 0.420 bits per heavy atom. The summed E-state index contributed by atoms with van der Waals surface area (Å²) < 4.78 is 4.75. The summed E-state index contributed by atoms with van der Waals surface area (Å²) in [4.78, 5) is 2.37. The highest BCUT2D eigenvalue weighted by Crippen LogP contribution is 2.47. The predicted octanol–water partition coefficient (Wildman–Crippen LogP) is 17.5. The Balaban J connectivity index is 0.877. The summed E-state index contributed by atoms with van der Waals surface area (Å²) in [5, 5.41) is 4.93. The molecule has 0 N–H and O–H groups in total. The van der Waals surface area contributed by atoms with Crippen LogP contribution < -0.4 is 4.90 Å². The fourth-order valence-electron chi connectivity index (χ4n) is 10.7. The van der Waals surface area contributed by atoms with Gasteiger partial charge in [-0.25, -0.2) is 0 Å². The third kappa shape index (κ3) is 7.15. The molecule has 0 radical (unpaired) electrons. The van der Waals surface area contributed by atoms with Crippen LogP contribution in [0.2, 0.25) is 0 Å². The highest BCUT2D eigenvalue weighted by molar-refractivity contribution is 6.12. The van der Waals surface area contributed by atoms with E-state index < -0.39 is 0 Å². The van der Waals surface area contributed by atoms with Crippen LogP contribution in [0.15, 0.2) is 262 Å². The maximum atomic E-state index is 4.24. The number of benzene rings is 9. The van der Waals surface area contributed by atoms with Crippen molar-refractivity contribution in [3.8, 4) is 33.6 Å². The van der Waals surface area contributed by atoms with E-state index in [0.717, 1.165) is 28.1 Å². The zero-order valence-electron chi connectivity index (χ0n) is 38.3. The Morgan fingerprint density at radius 2 is 0.928 bits per heavy atom. The highest BCUT2D eigenvalue weighted by Gasteiger charge is 2.36. The third-order valence-electron chi connectivity index (χ3n) is 14.0. The van der Waals surface area contributed by atoms with Gasteiger partial charge in [-0.1, -0.05) is 164 Å². The van der Waals surface area contributed by atoms with Crippen molar-refractivity contribution in [2.24, 2.45) is 0 Å². The summed E-state index contributed by atoms with van der Waals surface area (Å²) in [6.07, 6.45) is 12.5. The van der Waals surface area contributed by atoms with Crippen LogP contribution in [0.4, 0.5) is 11.4 Å². The molecule has 0 fully saturated rings. The Bertz CT molecular complexity index is 3830. The lowest BCUT2D eigenvalue weighted by atomic mass is 9.92. The lowest BCUT2D eigenvalue weighted by Gasteiger charge is -2.27. The van der Waals surface area contributed by atoms with E-state index in [-0.39, 0.29) is 12.0 Å². The standard InChI is InChI=1S/C66H49N3/c1-4-46(49-34-38-64-58(42-49)55(5-2)61(6-3)67(64)52-21-10-7-11-22-52)20-18-19-45-29-37-63-57(41-45)60-44-51(36-40-66(60)69(63)54-25-14-9-15-26-54)48-32-30-47(31-33-48)50-35-39-65-59(43-50)56-27-16-17-28-62(56)68(65)53-23-12-8-13-24-53/h4-44,55,61H,1-3H2/b19-18+,46-20+. The van der Waals surface area contributed by atoms with Gasteiger partial charge in [-0.15, -0.1) is 13.2 Å². The molecule has 12 rings (SSSR count). The number of anilines is 2. The molecular weight excluding hydrogens is 835 g/mol. The maximum absolute atomic E-state index is 4.24. The first kappa shape index (κ1) is 41.5. The number of nitrogens with zero attached hydrogens (tertiary/aromatic N) is 3. The van der Waals surface area contributed by atoms with E-state index in [1.807, 2.05) is 18.2 Å². The summed E-state index contributed by atoms with van der Waals surface area (Å²) in [5.41, 5.74) is 18.7. The molecule has 3 nitrogen and oxygen atoms in total. The summed E-state index contributed by atoms with van der Waals surface area (Å²) >= 11 is 0. The third-order valence-corrected chi connectivity index (χ3v) is 14.0. The molecule has 0 saturated carbocycles. The molecule has 11 aromatic rings. The van der Waals surface area contributed by atoms with Crippen molar-refractivity contribution in [1.82, 2.24) is 9.13 Å². The molecule has 0 aliphatic carbocycles. The minimum atomic E-state index is 0.0823. The average molecular weight is 884 g/mol. The lowest BCUT2D eigenvalue weighted by Crippen LogP contribution is -2.27. The molecule has 2 aromatic heterocycles. The fraction of sp³-hybridized carbons (Fsp3) is 0.0303. The molecule has 328 valence electrons. The molecule has 1 aliphatic heterocycles. The highest BCUT2D eigenvalue weighted by atomic mass is 15.2. The van der Waals surface area contributed by atoms with Gasteiger partial charge in [0.2, 0.25) is 0 Å². The second kappa shape index (κ2) is 17.4. The van der Waals surface area contributed by atoms with E-state index in [2.05, 4.69) is 264 Å². The van der Waals surface area contributed by atoms with Crippen LogP contribution in [0.1, 0.15) is 22.6 Å². The molecule has 0 bridgehead atoms. The molecule has 3 heterocycles. The van der Waals surface area contributed by atoms with Gasteiger partial charge in [0, 0.05) is 50.2 Å². The van der Waals surface area contributed by atoms with Crippen molar-refractivity contribution in [1.29, 1.82) is 0 Å². The number of fused-ring (bicyclic) bond motifs is 7. The topological polar surface area (TPSA) is 13.1 Å². The van der Waals surface area contributed by atoms with Gasteiger partial charge in [0.25, 0.3) is 0 Å². The number of hydrogen-bond donors (Lipinski definition) is 0. The van der Waals surface area contributed by atoms with Gasteiger partial charge in [-0.05, 0) is 136 Å². The van der Waals surface area contributed by atoms with E-state index in [0.29, 0.717) is 0 Å². The predicted molar refractivity (Wildman–Crippen MR) is 295 cm³/mol. The van der Waals surface area contributed by atoms with Crippen molar-refractivity contribution in [2.45, 2.75) is 12.0 Å². The molecule has 9 aromatic carbocycles. The summed E-state index contributed by atoms with van der Waals surface area (Å²) in [7, 11) is 0. The van der Waals surface area contributed by atoms with E-state index in [1.54, 1.807) is 0 Å². The molecule has 2 atom stereocenters. The van der Waals surface area contributed by atoms with Crippen molar-refractivity contribution in [3.63, 3.8) is 0 Å². The number of para-hydroxylation sites is 4. The van der Waals surface area contributed by atoms with Crippen LogP contribution >= 0.6 is 0 Å². The fourth-order valence-corrected chi connectivity index (χ4v) is 10.7. The van der Waals surface area contributed by atoms with Crippen molar-refractivity contribution < 1.29 is 0 Å². The van der Waals surface area contributed by atoms with Gasteiger partial charge in [0.1, 0.15) is 0 Å². The number of hydrogen-bond acceptors (Lipinski definition) is 1. The average Bonchev–Trinajstić information content (AvgIpc) is 4.05. The zero-order chi connectivity index (χ0) is 46.4. The van der Waals surface area contributed by atoms with E-state index >= 15 is 0 Å². The van der Waals surface area contributed by atoms with Gasteiger partial charge < -0.3 is 14.0 Å². The van der Waals surface area contributed by atoms with Crippen molar-refractivity contribution >= 4 is 66.6 Å². The lowest BCUT2D eigenvalue weighted by molar-refractivity contribution is 0.755. The smallest absolute Gasteiger partial charge is 0.0623 e. The molecule has 2 unspecified atom stereocenters. The minimum Gasteiger partial charge on any atom is -0.333 e. The Kier molecular flexibility index (Phi) is 10.5. The van der Waals surface area contributed by atoms with Crippen LogP contribution in [-0.4, -0.2) is 15.2 Å². The van der Waals surface area contributed by atoms with Gasteiger partial charge in [0.05, 0.1) is 28.1 Å². The molecule has 69 heavy (non-hydrogen) atoms. The molecule has 1 aliphatic rings. The molecule has 0 saturated heterocycles. The second-order valence-corrected chi connectivity index (χ2v) is 17.8. The minimum absolute atomic E-state index is 0.0823. The van der Waals surface area contributed by atoms with Gasteiger partial charge in [-0.2, -0.15) is 0 Å². The molecule has 0 amide bonds. The first-order chi connectivity index (χ1) is 34.1. The Hall–Kier alpha value is -8.92. The number of rotatable bonds is 11. The first-order valence-corrected chi connectivity index (χ1v) is 23.7. The Labute approximate surface area is 403 Å². The SMILES string of the molecule is C=C/C(=C\C=C\c1ccc2c(c1)c1cc(-c3ccc(-c4ccc5c(c4)c4ccccc4n5-c4ccccc4)cc3)ccc1n2-c1ccccc1)c1ccc2c(c1)C(C=C)C(C=C)N2c1ccccc1. The molecule has 0 spiro atoms. The van der Waals surface area contributed by atoms with Crippen LogP contribution in [0.5, 0.6) is 0 Å². The first-order valence-electron chi connectivity index (χ1n) is 23.7. The molecular formula is C66H49N3. The van der Waals surface area contributed by atoms with Crippen LogP contribution in [-0.2, 0) is 0 Å². The van der Waals surface area contributed by atoms with Crippen LogP contribution in [0.25, 0.3) is 88.9 Å². The van der Waals surface area contributed by atoms with Gasteiger partial charge in [-0.3, -0.25) is 0 Å². The molecule has 3 heteroatoms. The van der Waals surface area contributed by atoms with Crippen molar-refractivity contribution in [3.05, 3.63) is 279 Å². The van der Waals surface area contributed by atoms with E-state index in [1.165, 1.54) is 82.8 Å². The largest absolute Gasteiger partial charge is 0.333 e. The number of allylic oxidation sites excluding steroid dienone is 4. The summed E-state index contributed by atoms with van der Waals surface area (Å²) in [5.74, 6) is 0.117. The Morgan fingerprint density at radius 3 is 1.51 bits per heavy atom. The van der Waals surface area contributed by atoms with Crippen LogP contribution in [0.3, 0.4) is 0 Å². The maximum Gasteiger partial charge on any atom is 0.0623 e. The summed E-state index contributed by atoms with van der Waals surface area (Å²) in [6.45, 7) is 12.7. The monoisotopic (exact) mass is 883 g/mol. The van der Waals surface area contributed by atoms with Crippen LogP contribution in [0, 0.1) is 0 Å². The normalized spacial score (nSPS) is 14.8. The second-order valence-electron chi connectivity index (χ2n) is 17.8. The summed E-state index contributed by atoms with van der Waals surface area (Å²) in [6, 6.07) is 76.9.